The van der Waals surface area contributed by atoms with Crippen molar-refractivity contribution in [3.05, 3.63) is 60.3 Å². The summed E-state index contributed by atoms with van der Waals surface area (Å²) < 4.78 is 11.3. The van der Waals surface area contributed by atoms with Gasteiger partial charge in [-0.3, -0.25) is 4.98 Å². The van der Waals surface area contributed by atoms with Crippen molar-refractivity contribution < 1.29 is 13.9 Å². The van der Waals surface area contributed by atoms with Gasteiger partial charge in [-0.25, -0.2) is 4.79 Å². The number of benzene rings is 2. The van der Waals surface area contributed by atoms with Crippen LogP contribution in [0.3, 0.4) is 0 Å². The lowest BCUT2D eigenvalue weighted by molar-refractivity contribution is -0.148. The van der Waals surface area contributed by atoms with Gasteiger partial charge in [-0.05, 0) is 50.6 Å². The number of fused-ring (bicyclic) bond motifs is 5. The van der Waals surface area contributed by atoms with Gasteiger partial charge in [0.05, 0.1) is 5.52 Å². The number of rotatable bonds is 2. The topological polar surface area (TPSA) is 52.3 Å². The molecule has 130 valence electrons. The number of carbonyl (C=O) groups excluding carboxylic acids is 1. The highest BCUT2D eigenvalue weighted by atomic mass is 16.6. The van der Waals surface area contributed by atoms with E-state index in [-0.39, 0.29) is 5.97 Å². The Kier molecular flexibility index (Phi) is 3.76. The molecule has 0 atom stereocenters. The summed E-state index contributed by atoms with van der Waals surface area (Å²) in [6.45, 7) is 5.53. The van der Waals surface area contributed by atoms with Gasteiger partial charge in [-0.2, -0.15) is 0 Å². The molecule has 0 N–H and O–H groups in total. The maximum Gasteiger partial charge on any atom is 0.331 e. The Labute approximate surface area is 151 Å². The fourth-order valence-corrected chi connectivity index (χ4v) is 2.98. The minimum absolute atomic E-state index is 0.363. The maximum atomic E-state index is 11.8. The van der Waals surface area contributed by atoms with E-state index in [1.54, 1.807) is 6.08 Å². The summed E-state index contributed by atoms with van der Waals surface area (Å²) in [5, 5.41) is 3.02. The number of para-hydroxylation sites is 1. The highest BCUT2D eigenvalue weighted by Crippen LogP contribution is 2.32. The molecule has 4 nitrogen and oxygen atoms in total. The first-order valence-corrected chi connectivity index (χ1v) is 8.52. The zero-order valence-electron chi connectivity index (χ0n) is 14.9. The predicted octanol–water partition coefficient (Wildman–Crippen LogP) is 5.49. The van der Waals surface area contributed by atoms with Crippen LogP contribution >= 0.6 is 0 Å². The molecule has 0 aliphatic rings. The monoisotopic (exact) mass is 345 g/mol. The second-order valence-electron chi connectivity index (χ2n) is 7.24. The average molecular weight is 345 g/mol. The summed E-state index contributed by atoms with van der Waals surface area (Å²) in [6, 6.07) is 13.8. The van der Waals surface area contributed by atoms with E-state index >= 15 is 0 Å². The Hall–Kier alpha value is -3.14. The van der Waals surface area contributed by atoms with Crippen LogP contribution in [0.1, 0.15) is 26.3 Å². The lowest BCUT2D eigenvalue weighted by atomic mass is 10.1. The minimum Gasteiger partial charge on any atom is -0.457 e. The number of carbonyl (C=O) groups is 1. The third-order valence-corrected chi connectivity index (χ3v) is 4.05. The van der Waals surface area contributed by atoms with Gasteiger partial charge in [0.25, 0.3) is 0 Å². The zero-order chi connectivity index (χ0) is 18.3. The molecule has 2 aromatic heterocycles. The SMILES string of the molecule is CC(C)(C)OC(=O)/C=C/c1ccc2c(c1)ncc1c3ccccc3oc21. The van der Waals surface area contributed by atoms with E-state index < -0.39 is 5.60 Å². The van der Waals surface area contributed by atoms with Gasteiger partial charge in [0, 0.05) is 28.4 Å². The first-order valence-electron chi connectivity index (χ1n) is 8.52. The largest absolute Gasteiger partial charge is 0.457 e. The van der Waals surface area contributed by atoms with Crippen LogP contribution in [-0.4, -0.2) is 16.6 Å². The van der Waals surface area contributed by atoms with Gasteiger partial charge in [-0.1, -0.05) is 24.3 Å². The Morgan fingerprint density at radius 2 is 1.88 bits per heavy atom. The molecule has 0 saturated carbocycles. The fourth-order valence-electron chi connectivity index (χ4n) is 2.98. The number of hydrogen-bond donors (Lipinski definition) is 0. The molecule has 4 aromatic rings. The van der Waals surface area contributed by atoms with Crippen LogP contribution in [0.15, 0.2) is 59.2 Å². The smallest absolute Gasteiger partial charge is 0.331 e. The van der Waals surface area contributed by atoms with Crippen molar-refractivity contribution >= 4 is 44.9 Å². The molecule has 2 heterocycles. The third-order valence-electron chi connectivity index (χ3n) is 4.05. The van der Waals surface area contributed by atoms with Gasteiger partial charge in [0.15, 0.2) is 0 Å². The van der Waals surface area contributed by atoms with Crippen LogP contribution < -0.4 is 0 Å². The standard InChI is InChI=1S/C22H19NO3/c1-22(2,3)26-20(24)11-9-14-8-10-16-18(12-14)23-13-17-15-6-4-5-7-19(15)25-21(16)17/h4-13H,1-3H3/b11-9+. The van der Waals surface area contributed by atoms with E-state index in [9.17, 15) is 4.79 Å². The van der Waals surface area contributed by atoms with Crippen molar-refractivity contribution in [2.45, 2.75) is 26.4 Å². The van der Waals surface area contributed by atoms with E-state index in [1.165, 1.54) is 6.08 Å². The van der Waals surface area contributed by atoms with Gasteiger partial charge in [0.1, 0.15) is 16.8 Å². The van der Waals surface area contributed by atoms with Crippen molar-refractivity contribution in [3.63, 3.8) is 0 Å². The normalized spacial score (nSPS) is 12.4. The summed E-state index contributed by atoms with van der Waals surface area (Å²) >= 11 is 0. The van der Waals surface area contributed by atoms with E-state index in [4.69, 9.17) is 9.15 Å². The van der Waals surface area contributed by atoms with E-state index in [0.717, 1.165) is 38.4 Å². The first kappa shape index (κ1) is 16.3. The quantitative estimate of drug-likeness (QED) is 0.356. The van der Waals surface area contributed by atoms with Crippen molar-refractivity contribution in [2.24, 2.45) is 0 Å². The number of nitrogens with zero attached hydrogens (tertiary/aromatic N) is 1. The number of hydrogen-bond acceptors (Lipinski definition) is 4. The number of esters is 1. The predicted molar refractivity (Wildman–Crippen MR) is 104 cm³/mol. The molecule has 0 unspecified atom stereocenters. The number of ether oxygens (including phenoxy) is 1. The molecule has 0 aliphatic heterocycles. The number of furan rings is 1. The van der Waals surface area contributed by atoms with Crippen molar-refractivity contribution in [1.29, 1.82) is 0 Å². The molecular weight excluding hydrogens is 326 g/mol. The van der Waals surface area contributed by atoms with Crippen LogP contribution in [0, 0.1) is 0 Å². The Morgan fingerprint density at radius 3 is 2.69 bits per heavy atom. The molecule has 0 saturated heterocycles. The highest BCUT2D eigenvalue weighted by molar-refractivity contribution is 6.13. The Bertz CT molecular complexity index is 1160. The van der Waals surface area contributed by atoms with Crippen LogP contribution in [-0.2, 0) is 9.53 Å². The summed E-state index contributed by atoms with van der Waals surface area (Å²) in [5.74, 6) is -0.363. The maximum absolute atomic E-state index is 11.8. The van der Waals surface area contributed by atoms with Crippen LogP contribution in [0.2, 0.25) is 0 Å². The molecule has 26 heavy (non-hydrogen) atoms. The molecule has 4 rings (SSSR count). The van der Waals surface area contributed by atoms with Crippen molar-refractivity contribution in [1.82, 2.24) is 4.98 Å². The molecule has 2 aromatic carbocycles. The van der Waals surface area contributed by atoms with Crippen LogP contribution in [0.25, 0.3) is 38.9 Å². The van der Waals surface area contributed by atoms with Gasteiger partial charge in [-0.15, -0.1) is 0 Å². The second kappa shape index (κ2) is 5.99. The molecule has 0 spiro atoms. The minimum atomic E-state index is -0.501. The molecule has 0 fully saturated rings. The molecule has 0 radical (unpaired) electrons. The molecule has 0 aliphatic carbocycles. The van der Waals surface area contributed by atoms with Crippen molar-refractivity contribution in [3.8, 4) is 0 Å². The zero-order valence-corrected chi connectivity index (χ0v) is 14.9. The summed E-state index contributed by atoms with van der Waals surface area (Å²) in [5.41, 5.74) is 2.89. The van der Waals surface area contributed by atoms with Crippen LogP contribution in [0.5, 0.6) is 0 Å². The van der Waals surface area contributed by atoms with E-state index in [1.807, 2.05) is 69.4 Å². The number of pyridine rings is 1. The average Bonchev–Trinajstić information content (AvgIpc) is 2.97. The van der Waals surface area contributed by atoms with Crippen molar-refractivity contribution in [2.75, 3.05) is 0 Å². The Morgan fingerprint density at radius 1 is 1.08 bits per heavy atom. The fraction of sp³-hybridized carbons (Fsp3) is 0.182. The second-order valence-corrected chi connectivity index (χ2v) is 7.24. The number of aromatic nitrogens is 1. The lowest BCUT2D eigenvalue weighted by Crippen LogP contribution is -2.22. The van der Waals surface area contributed by atoms with Gasteiger partial charge in [0.2, 0.25) is 0 Å². The molecule has 4 heteroatoms. The van der Waals surface area contributed by atoms with Gasteiger partial charge < -0.3 is 9.15 Å². The van der Waals surface area contributed by atoms with Crippen LogP contribution in [0.4, 0.5) is 0 Å². The Balaban J connectivity index is 1.73. The summed E-state index contributed by atoms with van der Waals surface area (Å²) in [4.78, 5) is 16.4. The first-order chi connectivity index (χ1) is 12.4. The van der Waals surface area contributed by atoms with E-state index in [2.05, 4.69) is 4.98 Å². The molecular formula is C22H19NO3. The van der Waals surface area contributed by atoms with E-state index in [0.29, 0.717) is 0 Å². The highest BCUT2D eigenvalue weighted by Gasteiger charge is 2.14. The summed E-state index contributed by atoms with van der Waals surface area (Å²) in [7, 11) is 0. The molecule has 0 amide bonds. The summed E-state index contributed by atoms with van der Waals surface area (Å²) in [6.07, 6.45) is 5.01. The lowest BCUT2D eigenvalue weighted by Gasteiger charge is -2.17. The third kappa shape index (κ3) is 3.06. The molecule has 0 bridgehead atoms. The van der Waals surface area contributed by atoms with Gasteiger partial charge >= 0.3 is 5.97 Å².